The van der Waals surface area contributed by atoms with Crippen LogP contribution >= 0.6 is 12.2 Å². The second kappa shape index (κ2) is 8.50. The fourth-order valence-electron chi connectivity index (χ4n) is 3.36. The first kappa shape index (κ1) is 18.0. The lowest BCUT2D eigenvalue weighted by Crippen LogP contribution is -2.35. The summed E-state index contributed by atoms with van der Waals surface area (Å²) >= 11 is 5.52. The summed E-state index contributed by atoms with van der Waals surface area (Å²) in [5, 5.41) is 3.23. The molecule has 1 aliphatic heterocycles. The predicted molar refractivity (Wildman–Crippen MR) is 102 cm³/mol. The van der Waals surface area contributed by atoms with E-state index in [1.807, 2.05) is 30.3 Å². The van der Waals surface area contributed by atoms with Crippen LogP contribution in [0.25, 0.3) is 0 Å². The zero-order valence-electron chi connectivity index (χ0n) is 14.1. The van der Waals surface area contributed by atoms with Gasteiger partial charge in [0.25, 0.3) is 0 Å². The molecule has 1 heterocycles. The molecule has 25 heavy (non-hydrogen) atoms. The Morgan fingerprint density at radius 3 is 2.28 bits per heavy atom. The fraction of sp³-hybridized carbons (Fsp3) is 0.350. The number of thiocarbonyl (C=S) groups is 1. The van der Waals surface area contributed by atoms with Gasteiger partial charge < -0.3 is 5.32 Å². The zero-order chi connectivity index (χ0) is 17.6. The molecule has 1 N–H and O–H groups in total. The number of anilines is 1. The van der Waals surface area contributed by atoms with E-state index in [2.05, 4.69) is 10.2 Å². The average Bonchev–Trinajstić information content (AvgIpc) is 2.60. The molecular formula is C20H22F2N2S. The number of rotatable bonds is 5. The summed E-state index contributed by atoms with van der Waals surface area (Å²) < 4.78 is 27.5. The lowest BCUT2D eigenvalue weighted by atomic mass is 9.98. The minimum Gasteiger partial charge on any atom is -0.350 e. The van der Waals surface area contributed by atoms with Gasteiger partial charge in [-0.25, -0.2) is 8.78 Å². The normalized spacial score (nSPS) is 16.4. The number of piperidine rings is 1. The Kier molecular flexibility index (Phi) is 6.10. The summed E-state index contributed by atoms with van der Waals surface area (Å²) in [6.45, 7) is 1.85. The van der Waals surface area contributed by atoms with Crippen molar-refractivity contribution in [3.63, 3.8) is 0 Å². The van der Waals surface area contributed by atoms with Crippen LogP contribution in [-0.2, 0) is 0 Å². The maximum absolute atomic E-state index is 13.7. The lowest BCUT2D eigenvalue weighted by Gasteiger charge is -2.35. The van der Waals surface area contributed by atoms with Crippen LogP contribution in [0.15, 0.2) is 48.5 Å². The van der Waals surface area contributed by atoms with Gasteiger partial charge in [0.1, 0.15) is 11.6 Å². The smallest absolute Gasteiger partial charge is 0.126 e. The Hall–Kier alpha value is -1.85. The molecule has 0 radical (unpaired) electrons. The van der Waals surface area contributed by atoms with E-state index in [1.165, 1.54) is 18.6 Å². The van der Waals surface area contributed by atoms with Crippen LogP contribution in [0, 0.1) is 11.6 Å². The van der Waals surface area contributed by atoms with E-state index < -0.39 is 11.6 Å². The van der Waals surface area contributed by atoms with Crippen molar-refractivity contribution in [2.24, 2.45) is 0 Å². The van der Waals surface area contributed by atoms with E-state index in [-0.39, 0.29) is 6.04 Å². The third kappa shape index (κ3) is 5.06. The lowest BCUT2D eigenvalue weighted by molar-refractivity contribution is 0.167. The minimum atomic E-state index is -0.543. The second-order valence-corrected chi connectivity index (χ2v) is 6.93. The molecule has 2 aromatic carbocycles. The van der Waals surface area contributed by atoms with Crippen molar-refractivity contribution in [3.05, 3.63) is 65.7 Å². The summed E-state index contributed by atoms with van der Waals surface area (Å²) in [6, 6.07) is 13.4. The highest BCUT2D eigenvalue weighted by molar-refractivity contribution is 7.80. The van der Waals surface area contributed by atoms with Crippen molar-refractivity contribution in [1.82, 2.24) is 4.90 Å². The summed E-state index contributed by atoms with van der Waals surface area (Å²) in [5.74, 6) is -1.09. The molecule has 1 saturated heterocycles. The topological polar surface area (TPSA) is 15.3 Å². The first-order valence-electron chi connectivity index (χ1n) is 8.67. The monoisotopic (exact) mass is 360 g/mol. The Morgan fingerprint density at radius 1 is 1.00 bits per heavy atom. The van der Waals surface area contributed by atoms with Crippen LogP contribution in [0.4, 0.5) is 14.5 Å². The number of benzene rings is 2. The fourth-order valence-corrected chi connectivity index (χ4v) is 3.64. The molecule has 1 fully saturated rings. The van der Waals surface area contributed by atoms with Gasteiger partial charge in [-0.3, -0.25) is 4.90 Å². The molecular weight excluding hydrogens is 338 g/mol. The molecule has 1 aliphatic rings. The molecule has 0 unspecified atom stereocenters. The molecule has 3 rings (SSSR count). The number of para-hydroxylation sites is 1. The van der Waals surface area contributed by atoms with Crippen LogP contribution in [-0.4, -0.2) is 23.0 Å². The van der Waals surface area contributed by atoms with Crippen molar-refractivity contribution in [3.8, 4) is 0 Å². The van der Waals surface area contributed by atoms with Crippen LogP contribution < -0.4 is 5.32 Å². The maximum Gasteiger partial charge on any atom is 0.126 e. The van der Waals surface area contributed by atoms with Crippen molar-refractivity contribution < 1.29 is 8.78 Å². The van der Waals surface area contributed by atoms with Gasteiger partial charge in [-0.1, -0.05) is 36.8 Å². The Balaban J connectivity index is 1.79. The van der Waals surface area contributed by atoms with Crippen LogP contribution in [0.3, 0.4) is 0 Å². The Labute approximate surface area is 152 Å². The molecule has 0 aromatic heterocycles. The minimum absolute atomic E-state index is 0.116. The molecule has 2 nitrogen and oxygen atoms in total. The van der Waals surface area contributed by atoms with Gasteiger partial charge in [0.15, 0.2) is 0 Å². The van der Waals surface area contributed by atoms with E-state index in [1.54, 1.807) is 0 Å². The molecule has 0 aliphatic carbocycles. The van der Waals surface area contributed by atoms with Crippen LogP contribution in [0.5, 0.6) is 0 Å². The van der Waals surface area contributed by atoms with E-state index >= 15 is 0 Å². The molecule has 2 aromatic rings. The summed E-state index contributed by atoms with van der Waals surface area (Å²) in [5.41, 5.74) is 1.58. The third-order valence-corrected chi connectivity index (χ3v) is 4.81. The van der Waals surface area contributed by atoms with Gasteiger partial charge >= 0.3 is 0 Å². The number of likely N-dealkylation sites (tertiary alicyclic amines) is 1. The van der Waals surface area contributed by atoms with E-state index in [4.69, 9.17) is 12.2 Å². The first-order chi connectivity index (χ1) is 12.1. The highest BCUT2D eigenvalue weighted by atomic mass is 32.1. The quantitative estimate of drug-likeness (QED) is 0.726. The second-order valence-electron chi connectivity index (χ2n) is 6.43. The SMILES string of the molecule is Fc1cc(F)cc([C@H](CC(=S)Nc2ccccc2)N2CCCCC2)c1. The van der Waals surface area contributed by atoms with Crippen LogP contribution in [0.2, 0.25) is 0 Å². The number of hydrogen-bond donors (Lipinski definition) is 1. The Bertz CT molecular complexity index is 695. The van der Waals surface area contributed by atoms with Gasteiger partial charge in [0.05, 0.1) is 4.99 Å². The summed E-state index contributed by atoms with van der Waals surface area (Å²) in [6.07, 6.45) is 3.95. The highest BCUT2D eigenvalue weighted by Crippen LogP contribution is 2.29. The zero-order valence-corrected chi connectivity index (χ0v) is 14.9. The molecule has 5 heteroatoms. The molecule has 0 saturated carbocycles. The van der Waals surface area contributed by atoms with Gasteiger partial charge in [0.2, 0.25) is 0 Å². The largest absolute Gasteiger partial charge is 0.350 e. The van der Waals surface area contributed by atoms with Crippen molar-refractivity contribution in [2.75, 3.05) is 18.4 Å². The molecule has 0 bridgehead atoms. The van der Waals surface area contributed by atoms with E-state index in [9.17, 15) is 8.78 Å². The van der Waals surface area contributed by atoms with Gasteiger partial charge in [-0.05, 0) is 55.8 Å². The van der Waals surface area contributed by atoms with E-state index in [0.29, 0.717) is 17.0 Å². The number of nitrogens with zero attached hydrogens (tertiary/aromatic N) is 1. The highest BCUT2D eigenvalue weighted by Gasteiger charge is 2.24. The number of nitrogens with one attached hydrogen (secondary N) is 1. The molecule has 0 amide bonds. The molecule has 1 atom stereocenters. The summed E-state index contributed by atoms with van der Waals surface area (Å²) in [7, 11) is 0. The van der Waals surface area contributed by atoms with Crippen LogP contribution in [0.1, 0.15) is 37.3 Å². The molecule has 0 spiro atoms. The third-order valence-electron chi connectivity index (χ3n) is 4.54. The van der Waals surface area contributed by atoms with Gasteiger partial charge in [0, 0.05) is 24.2 Å². The number of halogens is 2. The first-order valence-corrected chi connectivity index (χ1v) is 9.07. The predicted octanol–water partition coefficient (Wildman–Crippen LogP) is 5.32. The molecule has 132 valence electrons. The van der Waals surface area contributed by atoms with Gasteiger partial charge in [-0.2, -0.15) is 0 Å². The van der Waals surface area contributed by atoms with Crippen molar-refractivity contribution >= 4 is 22.9 Å². The van der Waals surface area contributed by atoms with E-state index in [0.717, 1.165) is 37.7 Å². The van der Waals surface area contributed by atoms with Crippen molar-refractivity contribution in [1.29, 1.82) is 0 Å². The maximum atomic E-state index is 13.7. The summed E-state index contributed by atoms with van der Waals surface area (Å²) in [4.78, 5) is 2.96. The Morgan fingerprint density at radius 2 is 1.64 bits per heavy atom. The van der Waals surface area contributed by atoms with Gasteiger partial charge in [-0.15, -0.1) is 0 Å². The number of hydrogen-bond acceptors (Lipinski definition) is 2. The van der Waals surface area contributed by atoms with Crippen molar-refractivity contribution in [2.45, 2.75) is 31.7 Å². The average molecular weight is 360 g/mol. The standard InChI is InChI=1S/C20H22F2N2S/c21-16-11-15(12-17(22)13-16)19(24-9-5-2-6-10-24)14-20(25)23-18-7-3-1-4-8-18/h1,3-4,7-8,11-13,19H,2,5-6,9-10,14H2,(H,23,25)/t19-/m0/s1.